The smallest absolute Gasteiger partial charge is 0.349 e. The summed E-state index contributed by atoms with van der Waals surface area (Å²) >= 11 is 0. The van der Waals surface area contributed by atoms with Crippen LogP contribution < -0.4 is 5.73 Å². The summed E-state index contributed by atoms with van der Waals surface area (Å²) in [5.41, 5.74) is 5.11. The maximum absolute atomic E-state index is 12.2. The van der Waals surface area contributed by atoms with Crippen molar-refractivity contribution in [1.82, 2.24) is 4.98 Å². The molecule has 0 aromatic carbocycles. The molecule has 0 atom stereocenters. The lowest BCUT2D eigenvalue weighted by Crippen LogP contribution is -1.98. The van der Waals surface area contributed by atoms with Crippen LogP contribution in [0, 0.1) is 0 Å². The van der Waals surface area contributed by atoms with Crippen LogP contribution >= 0.6 is 0 Å². The summed E-state index contributed by atoms with van der Waals surface area (Å²) in [5.74, 6) is -0.0243. The van der Waals surface area contributed by atoms with Crippen LogP contribution in [-0.4, -0.2) is 13.4 Å². The third-order valence-corrected chi connectivity index (χ3v) is 1.72. The third-order valence-electron chi connectivity index (χ3n) is 0.995. The Bertz CT molecular complexity index is 363. The van der Waals surface area contributed by atoms with E-state index in [1.165, 1.54) is 12.1 Å². The topological polar surface area (TPSA) is 73.1 Å². The molecule has 0 aliphatic heterocycles. The molecule has 2 N–H and O–H groups in total. The summed E-state index contributed by atoms with van der Waals surface area (Å²) in [7, 11) is -4.72. The fraction of sp³-hybridized carbons (Fsp3) is 0. The first kappa shape index (κ1) is 7.93. The molecule has 0 amide bonds. The number of hydrogen-bond donors (Lipinski definition) is 1. The van der Waals surface area contributed by atoms with E-state index >= 15 is 0 Å². The van der Waals surface area contributed by atoms with Gasteiger partial charge in [-0.15, -0.1) is 0 Å². The van der Waals surface area contributed by atoms with Gasteiger partial charge >= 0.3 is 10.2 Å². The van der Waals surface area contributed by atoms with Crippen molar-refractivity contribution in [1.29, 1.82) is 0 Å². The molecule has 4 nitrogen and oxygen atoms in total. The first-order valence-electron chi connectivity index (χ1n) is 2.67. The molecule has 1 heterocycles. The number of pyridine rings is 1. The molecule has 0 saturated carbocycles. The molecule has 0 unspecified atom stereocenters. The standard InChI is InChI=1S/C5H5FN2O2S/c6-11(9,10)5-3-1-2-4(7)8-5/h1-3H,(H2,7,8). The summed E-state index contributed by atoms with van der Waals surface area (Å²) in [5, 5.41) is -0.655. The molecule has 1 rings (SSSR count). The molecule has 0 aliphatic carbocycles. The largest absolute Gasteiger partial charge is 0.384 e. The third kappa shape index (κ3) is 1.87. The highest BCUT2D eigenvalue weighted by atomic mass is 32.3. The van der Waals surface area contributed by atoms with Gasteiger partial charge in [0.05, 0.1) is 0 Å². The summed E-state index contributed by atoms with van der Waals surface area (Å²) in [6.07, 6.45) is 0. The molecule has 0 fully saturated rings. The number of nitrogens with two attached hydrogens (primary N) is 1. The van der Waals surface area contributed by atoms with E-state index < -0.39 is 15.2 Å². The number of rotatable bonds is 1. The Morgan fingerprint density at radius 2 is 2.09 bits per heavy atom. The van der Waals surface area contributed by atoms with Crippen molar-refractivity contribution in [2.75, 3.05) is 5.73 Å². The number of aromatic nitrogens is 1. The van der Waals surface area contributed by atoms with Gasteiger partial charge in [0.2, 0.25) is 0 Å². The van der Waals surface area contributed by atoms with Crippen molar-refractivity contribution in [3.8, 4) is 0 Å². The molecule has 11 heavy (non-hydrogen) atoms. The minimum Gasteiger partial charge on any atom is -0.384 e. The molecular formula is C5H5FN2O2S. The van der Waals surface area contributed by atoms with Crippen LogP contribution in [0.5, 0.6) is 0 Å². The summed E-state index contributed by atoms with van der Waals surface area (Å²) in [4.78, 5) is 3.26. The average molecular weight is 176 g/mol. The van der Waals surface area contributed by atoms with E-state index in [1.54, 1.807) is 0 Å². The Morgan fingerprint density at radius 3 is 2.45 bits per heavy atom. The molecular weight excluding hydrogens is 171 g/mol. The number of hydrogen-bond acceptors (Lipinski definition) is 4. The van der Waals surface area contributed by atoms with E-state index in [2.05, 4.69) is 4.98 Å². The average Bonchev–Trinajstić information content (AvgIpc) is 1.86. The minimum atomic E-state index is -4.72. The van der Waals surface area contributed by atoms with Crippen molar-refractivity contribution < 1.29 is 12.3 Å². The molecule has 0 radical (unpaired) electrons. The maximum Gasteiger partial charge on any atom is 0.349 e. The van der Waals surface area contributed by atoms with Crippen molar-refractivity contribution in [2.45, 2.75) is 5.03 Å². The highest BCUT2D eigenvalue weighted by Gasteiger charge is 2.12. The van der Waals surface area contributed by atoms with Crippen LogP contribution in [0.15, 0.2) is 23.2 Å². The van der Waals surface area contributed by atoms with Gasteiger partial charge in [-0.3, -0.25) is 0 Å². The number of nitrogens with zero attached hydrogens (tertiary/aromatic N) is 1. The maximum atomic E-state index is 12.2. The van der Waals surface area contributed by atoms with E-state index in [9.17, 15) is 12.3 Å². The molecule has 1 aromatic rings. The molecule has 0 spiro atoms. The van der Waals surface area contributed by atoms with Crippen LogP contribution in [0.25, 0.3) is 0 Å². The van der Waals surface area contributed by atoms with Gasteiger partial charge in [-0.05, 0) is 12.1 Å². The second kappa shape index (κ2) is 2.46. The Morgan fingerprint density at radius 1 is 1.45 bits per heavy atom. The first-order valence-corrected chi connectivity index (χ1v) is 4.06. The van der Waals surface area contributed by atoms with E-state index in [0.717, 1.165) is 6.07 Å². The molecule has 60 valence electrons. The number of halogens is 1. The highest BCUT2D eigenvalue weighted by Crippen LogP contribution is 2.09. The van der Waals surface area contributed by atoms with Crippen LogP contribution in [0.2, 0.25) is 0 Å². The Balaban J connectivity index is 3.28. The van der Waals surface area contributed by atoms with Gasteiger partial charge in [-0.2, -0.15) is 8.42 Å². The Hall–Kier alpha value is -1.17. The van der Waals surface area contributed by atoms with E-state index in [1.807, 2.05) is 0 Å². The van der Waals surface area contributed by atoms with Crippen molar-refractivity contribution in [3.63, 3.8) is 0 Å². The molecule has 0 bridgehead atoms. The lowest BCUT2D eigenvalue weighted by molar-refractivity contribution is 0.548. The fourth-order valence-corrected chi connectivity index (χ4v) is 1.02. The van der Waals surface area contributed by atoms with Gasteiger partial charge < -0.3 is 5.73 Å². The zero-order valence-electron chi connectivity index (χ0n) is 5.36. The van der Waals surface area contributed by atoms with Gasteiger partial charge in [-0.25, -0.2) is 4.98 Å². The van der Waals surface area contributed by atoms with E-state index in [4.69, 9.17) is 5.73 Å². The first-order chi connectivity index (χ1) is 5.00. The predicted molar refractivity (Wildman–Crippen MR) is 36.9 cm³/mol. The van der Waals surface area contributed by atoms with Crippen LogP contribution in [0.3, 0.4) is 0 Å². The lowest BCUT2D eigenvalue weighted by Gasteiger charge is -1.93. The minimum absolute atomic E-state index is 0.0243. The van der Waals surface area contributed by atoms with Crippen LogP contribution in [-0.2, 0) is 10.2 Å². The monoisotopic (exact) mass is 176 g/mol. The second-order valence-electron chi connectivity index (χ2n) is 1.84. The summed E-state index contributed by atoms with van der Waals surface area (Å²) in [6, 6.07) is 3.72. The lowest BCUT2D eigenvalue weighted by atomic mass is 10.5. The second-order valence-corrected chi connectivity index (χ2v) is 3.13. The summed E-state index contributed by atoms with van der Waals surface area (Å²) in [6.45, 7) is 0. The van der Waals surface area contributed by atoms with Gasteiger partial charge in [-0.1, -0.05) is 9.95 Å². The number of nitrogen functional groups attached to an aromatic ring is 1. The normalized spacial score (nSPS) is 11.4. The van der Waals surface area contributed by atoms with Crippen LogP contribution in [0.1, 0.15) is 0 Å². The number of anilines is 1. The van der Waals surface area contributed by atoms with Gasteiger partial charge in [0.15, 0.2) is 5.03 Å². The van der Waals surface area contributed by atoms with Crippen molar-refractivity contribution in [3.05, 3.63) is 18.2 Å². The summed E-state index contributed by atoms with van der Waals surface area (Å²) < 4.78 is 32.6. The quantitative estimate of drug-likeness (QED) is 0.625. The van der Waals surface area contributed by atoms with Crippen LogP contribution in [0.4, 0.5) is 9.70 Å². The van der Waals surface area contributed by atoms with Crippen molar-refractivity contribution in [2.24, 2.45) is 0 Å². The Labute approximate surface area is 63.1 Å². The molecule has 1 aromatic heterocycles. The van der Waals surface area contributed by atoms with Gasteiger partial charge in [0.25, 0.3) is 0 Å². The molecule has 0 aliphatic rings. The van der Waals surface area contributed by atoms with Crippen molar-refractivity contribution >= 4 is 16.0 Å². The zero-order valence-corrected chi connectivity index (χ0v) is 6.18. The SMILES string of the molecule is Nc1cccc(S(=O)(=O)F)n1. The van der Waals surface area contributed by atoms with E-state index in [-0.39, 0.29) is 5.82 Å². The molecule has 0 saturated heterocycles. The van der Waals surface area contributed by atoms with Gasteiger partial charge in [0, 0.05) is 0 Å². The fourth-order valence-electron chi connectivity index (χ4n) is 0.567. The zero-order chi connectivity index (χ0) is 8.48. The predicted octanol–water partition coefficient (Wildman–Crippen LogP) is 0.322. The molecule has 6 heteroatoms. The van der Waals surface area contributed by atoms with E-state index in [0.29, 0.717) is 0 Å². The highest BCUT2D eigenvalue weighted by molar-refractivity contribution is 7.86. The Kier molecular flexibility index (Phi) is 1.77. The van der Waals surface area contributed by atoms with Gasteiger partial charge in [0.1, 0.15) is 5.82 Å².